The first-order chi connectivity index (χ1) is 7.18. The van der Waals surface area contributed by atoms with Crippen molar-refractivity contribution in [3.63, 3.8) is 0 Å². The first-order valence-corrected chi connectivity index (χ1v) is 5.01. The molecule has 2 rings (SSSR count). The number of halogens is 1. The van der Waals surface area contributed by atoms with E-state index in [-0.39, 0.29) is 22.9 Å². The van der Waals surface area contributed by atoms with Gasteiger partial charge in [-0.3, -0.25) is 4.79 Å². The highest BCUT2D eigenvalue weighted by molar-refractivity contribution is 5.97. The number of fused-ring (bicyclic) bond motifs is 1. The van der Waals surface area contributed by atoms with E-state index in [1.807, 2.05) is 13.8 Å². The van der Waals surface area contributed by atoms with Crippen molar-refractivity contribution in [1.29, 1.82) is 0 Å². The molecule has 2 heterocycles. The fourth-order valence-electron chi connectivity index (χ4n) is 1.25. The summed E-state index contributed by atoms with van der Waals surface area (Å²) in [6.45, 7) is 5.84. The molecule has 0 bridgehead atoms. The smallest absolute Gasteiger partial charge is 0.188 e. The summed E-state index contributed by atoms with van der Waals surface area (Å²) in [5.41, 5.74) is 0.489. The average molecular weight is 211 g/mol. The van der Waals surface area contributed by atoms with Crippen molar-refractivity contribution in [1.82, 2.24) is 4.98 Å². The van der Waals surface area contributed by atoms with Crippen LogP contribution in [0.5, 0.6) is 5.75 Å². The maximum absolute atomic E-state index is 13.0. The molecule has 1 aromatic heterocycles. The SMILES string of the molecule is CC.Cc1nc2c(cc1F)OCCC2=O. The van der Waals surface area contributed by atoms with Crippen LogP contribution >= 0.6 is 0 Å². The van der Waals surface area contributed by atoms with E-state index in [0.29, 0.717) is 13.0 Å². The fourth-order valence-corrected chi connectivity index (χ4v) is 1.25. The number of hydrogen-bond acceptors (Lipinski definition) is 3. The van der Waals surface area contributed by atoms with Crippen molar-refractivity contribution in [2.75, 3.05) is 6.61 Å². The molecule has 0 amide bonds. The molecule has 0 unspecified atom stereocenters. The Morgan fingerprint density at radius 3 is 2.80 bits per heavy atom. The largest absolute Gasteiger partial charge is 0.491 e. The molecule has 1 aromatic rings. The lowest BCUT2D eigenvalue weighted by Crippen LogP contribution is -2.17. The number of carbonyl (C=O) groups is 1. The lowest BCUT2D eigenvalue weighted by atomic mass is 10.1. The Labute approximate surface area is 88.3 Å². The zero-order valence-electron chi connectivity index (χ0n) is 9.13. The molecule has 1 aliphatic rings. The number of carbonyl (C=O) groups excluding carboxylic acids is 1. The molecule has 0 atom stereocenters. The first-order valence-electron chi connectivity index (χ1n) is 5.01. The van der Waals surface area contributed by atoms with Gasteiger partial charge in [0.15, 0.2) is 11.5 Å². The van der Waals surface area contributed by atoms with Crippen molar-refractivity contribution in [3.8, 4) is 5.75 Å². The second-order valence-electron chi connectivity index (χ2n) is 2.92. The monoisotopic (exact) mass is 211 g/mol. The van der Waals surface area contributed by atoms with Gasteiger partial charge in [-0.25, -0.2) is 9.37 Å². The second-order valence-corrected chi connectivity index (χ2v) is 2.92. The zero-order valence-corrected chi connectivity index (χ0v) is 9.13. The number of ether oxygens (including phenoxy) is 1. The van der Waals surface area contributed by atoms with Gasteiger partial charge in [-0.15, -0.1) is 0 Å². The van der Waals surface area contributed by atoms with E-state index in [1.54, 1.807) is 0 Å². The summed E-state index contributed by atoms with van der Waals surface area (Å²) in [6.07, 6.45) is 0.324. The molecule has 1 aliphatic heterocycles. The topological polar surface area (TPSA) is 39.2 Å². The van der Waals surface area contributed by atoms with Gasteiger partial charge in [-0.1, -0.05) is 13.8 Å². The molecule has 3 nitrogen and oxygen atoms in total. The number of rotatable bonds is 0. The van der Waals surface area contributed by atoms with Crippen LogP contribution in [0.25, 0.3) is 0 Å². The molecule has 0 aliphatic carbocycles. The minimum absolute atomic E-state index is 0.0793. The fraction of sp³-hybridized carbons (Fsp3) is 0.455. The molecule has 0 saturated heterocycles. The number of Topliss-reactive ketones (excluding diaryl/α,β-unsaturated/α-hetero) is 1. The van der Waals surface area contributed by atoms with Crippen LogP contribution < -0.4 is 4.74 Å². The third kappa shape index (κ3) is 2.32. The van der Waals surface area contributed by atoms with Gasteiger partial charge in [0.25, 0.3) is 0 Å². The first kappa shape index (κ1) is 11.6. The number of aromatic nitrogens is 1. The standard InChI is InChI=1S/C9H8FNO2.C2H6/c1-5-6(10)4-8-9(11-5)7(12)2-3-13-8;1-2/h4H,2-3H2,1H3;1-2H3. The van der Waals surface area contributed by atoms with Crippen LogP contribution in [-0.2, 0) is 0 Å². The molecule has 15 heavy (non-hydrogen) atoms. The minimum atomic E-state index is -0.437. The number of ketones is 1. The average Bonchev–Trinajstić information content (AvgIpc) is 2.24. The number of pyridine rings is 1. The lowest BCUT2D eigenvalue weighted by Gasteiger charge is -2.15. The molecule has 0 spiro atoms. The summed E-state index contributed by atoms with van der Waals surface area (Å²) in [5, 5.41) is 0. The summed E-state index contributed by atoms with van der Waals surface area (Å²) in [6, 6.07) is 1.22. The Bertz CT molecular complexity index is 377. The second kappa shape index (κ2) is 4.87. The van der Waals surface area contributed by atoms with Crippen LogP contribution in [0.1, 0.15) is 36.5 Å². The normalized spacial score (nSPS) is 13.5. The van der Waals surface area contributed by atoms with Crippen LogP contribution in [0.3, 0.4) is 0 Å². The van der Waals surface area contributed by atoms with Crippen molar-refractivity contribution in [2.24, 2.45) is 0 Å². The van der Waals surface area contributed by atoms with Crippen LogP contribution in [0.2, 0.25) is 0 Å². The van der Waals surface area contributed by atoms with E-state index in [0.717, 1.165) is 0 Å². The molecule has 4 heteroatoms. The maximum atomic E-state index is 13.0. The summed E-state index contributed by atoms with van der Waals surface area (Å²) in [7, 11) is 0. The summed E-state index contributed by atoms with van der Waals surface area (Å²) < 4.78 is 18.1. The Hall–Kier alpha value is -1.45. The summed E-state index contributed by atoms with van der Waals surface area (Å²) in [4.78, 5) is 15.1. The van der Waals surface area contributed by atoms with Gasteiger partial charge >= 0.3 is 0 Å². The zero-order chi connectivity index (χ0) is 11.4. The number of hydrogen-bond donors (Lipinski definition) is 0. The van der Waals surface area contributed by atoms with E-state index in [1.165, 1.54) is 13.0 Å². The van der Waals surface area contributed by atoms with Crippen molar-refractivity contribution in [3.05, 3.63) is 23.3 Å². The van der Waals surface area contributed by atoms with Crippen molar-refractivity contribution >= 4 is 5.78 Å². The van der Waals surface area contributed by atoms with Crippen LogP contribution in [0.15, 0.2) is 6.07 Å². The summed E-state index contributed by atoms with van der Waals surface area (Å²) >= 11 is 0. The minimum Gasteiger partial charge on any atom is -0.491 e. The van der Waals surface area contributed by atoms with Gasteiger partial charge < -0.3 is 4.74 Å². The van der Waals surface area contributed by atoms with Gasteiger partial charge in [0.05, 0.1) is 12.3 Å². The predicted octanol–water partition coefficient (Wildman–Crippen LogP) is 2.52. The molecule has 82 valence electrons. The van der Waals surface area contributed by atoms with Crippen LogP contribution in [0.4, 0.5) is 4.39 Å². The molecule has 0 saturated carbocycles. The molecule has 0 radical (unpaired) electrons. The highest BCUT2D eigenvalue weighted by Crippen LogP contribution is 2.24. The quantitative estimate of drug-likeness (QED) is 0.662. The van der Waals surface area contributed by atoms with E-state index in [9.17, 15) is 9.18 Å². The molecule has 0 aromatic carbocycles. The molecular weight excluding hydrogens is 197 g/mol. The summed E-state index contributed by atoms with van der Waals surface area (Å²) in [5.74, 6) is -0.253. The highest BCUT2D eigenvalue weighted by Gasteiger charge is 2.21. The van der Waals surface area contributed by atoms with Crippen molar-refractivity contribution < 1.29 is 13.9 Å². The van der Waals surface area contributed by atoms with E-state index in [4.69, 9.17) is 4.74 Å². The molecule has 0 fully saturated rings. The third-order valence-corrected chi connectivity index (χ3v) is 1.97. The Morgan fingerprint density at radius 2 is 2.13 bits per heavy atom. The molecule has 0 N–H and O–H groups in total. The predicted molar refractivity (Wildman–Crippen MR) is 54.7 cm³/mol. The number of aryl methyl sites for hydroxylation is 1. The van der Waals surface area contributed by atoms with Gasteiger partial charge in [0, 0.05) is 12.5 Å². The van der Waals surface area contributed by atoms with Gasteiger partial charge in [0.2, 0.25) is 0 Å². The Morgan fingerprint density at radius 1 is 1.47 bits per heavy atom. The van der Waals surface area contributed by atoms with E-state index in [2.05, 4.69) is 4.98 Å². The van der Waals surface area contributed by atoms with Gasteiger partial charge in [-0.05, 0) is 6.92 Å². The van der Waals surface area contributed by atoms with Crippen LogP contribution in [-0.4, -0.2) is 17.4 Å². The number of nitrogens with zero attached hydrogens (tertiary/aromatic N) is 1. The lowest BCUT2D eigenvalue weighted by molar-refractivity contribution is 0.0926. The van der Waals surface area contributed by atoms with Gasteiger partial charge in [-0.2, -0.15) is 0 Å². The molecular formula is C11H14FNO2. The van der Waals surface area contributed by atoms with Gasteiger partial charge in [0.1, 0.15) is 11.5 Å². The van der Waals surface area contributed by atoms with E-state index >= 15 is 0 Å². The highest BCUT2D eigenvalue weighted by atomic mass is 19.1. The van der Waals surface area contributed by atoms with Crippen molar-refractivity contribution in [2.45, 2.75) is 27.2 Å². The maximum Gasteiger partial charge on any atom is 0.188 e. The third-order valence-electron chi connectivity index (χ3n) is 1.97. The Balaban J connectivity index is 0.000000531. The Kier molecular flexibility index (Phi) is 3.77. The van der Waals surface area contributed by atoms with Crippen LogP contribution in [0, 0.1) is 12.7 Å². The van der Waals surface area contributed by atoms with E-state index < -0.39 is 5.82 Å².